The highest BCUT2D eigenvalue weighted by molar-refractivity contribution is 6.04. The van der Waals surface area contributed by atoms with E-state index in [0.717, 1.165) is 16.8 Å². The second-order valence-corrected chi connectivity index (χ2v) is 9.40. The molecule has 1 fully saturated rings. The van der Waals surface area contributed by atoms with Crippen LogP contribution < -0.4 is 15.0 Å². The summed E-state index contributed by atoms with van der Waals surface area (Å²) in [6.07, 6.45) is 1.83. The zero-order chi connectivity index (χ0) is 25.4. The number of aromatic nitrogens is 4. The Balaban J connectivity index is 1.47. The van der Waals surface area contributed by atoms with Crippen molar-refractivity contribution in [2.24, 2.45) is 7.05 Å². The van der Waals surface area contributed by atoms with E-state index in [9.17, 15) is 4.79 Å². The topological polar surface area (TPSA) is 94.4 Å². The first kappa shape index (κ1) is 23.7. The molecule has 1 aliphatic rings. The molecule has 186 valence electrons. The summed E-state index contributed by atoms with van der Waals surface area (Å²) in [6, 6.07) is 13.1. The molecular formula is C27H30N6O3. The lowest BCUT2D eigenvalue weighted by Crippen LogP contribution is -2.46. The van der Waals surface area contributed by atoms with Crippen molar-refractivity contribution in [3.8, 4) is 11.6 Å². The second kappa shape index (κ2) is 9.58. The van der Waals surface area contributed by atoms with Crippen LogP contribution in [0.4, 0.5) is 11.6 Å². The van der Waals surface area contributed by atoms with Crippen molar-refractivity contribution in [2.45, 2.75) is 39.9 Å². The van der Waals surface area contributed by atoms with E-state index in [1.807, 2.05) is 65.1 Å². The average Bonchev–Trinajstić information content (AvgIpc) is 3.20. The standard InChI is InChI=1S/C27H30N6O3/c1-16-7-6-8-21(11-16)29-25(34)20-10-9-17(2)23(12-20)36-26-22-13-28-32(5)24(22)30-27(31-26)33-14-18(3)35-19(4)15-33/h6-13,18-19H,14-15H2,1-5H3,(H,29,34). The molecule has 2 atom stereocenters. The van der Waals surface area contributed by atoms with Crippen LogP contribution in [-0.4, -0.2) is 51.0 Å². The summed E-state index contributed by atoms with van der Waals surface area (Å²) >= 11 is 0. The van der Waals surface area contributed by atoms with Gasteiger partial charge in [0.2, 0.25) is 11.8 Å². The number of fused-ring (bicyclic) bond motifs is 1. The summed E-state index contributed by atoms with van der Waals surface area (Å²) < 4.78 is 13.9. The normalized spacial score (nSPS) is 17.9. The van der Waals surface area contributed by atoms with E-state index in [2.05, 4.69) is 15.3 Å². The molecule has 2 unspecified atom stereocenters. The van der Waals surface area contributed by atoms with Crippen molar-refractivity contribution >= 4 is 28.6 Å². The quantitative estimate of drug-likeness (QED) is 0.439. The van der Waals surface area contributed by atoms with Crippen molar-refractivity contribution in [3.05, 3.63) is 65.4 Å². The van der Waals surface area contributed by atoms with Crippen molar-refractivity contribution in [1.82, 2.24) is 19.7 Å². The number of nitrogens with one attached hydrogen (secondary N) is 1. The highest BCUT2D eigenvalue weighted by atomic mass is 16.5. The fourth-order valence-corrected chi connectivity index (χ4v) is 4.43. The molecule has 1 saturated heterocycles. The number of ether oxygens (including phenoxy) is 2. The number of carbonyl (C=O) groups excluding carboxylic acids is 1. The third-order valence-corrected chi connectivity index (χ3v) is 6.18. The van der Waals surface area contributed by atoms with Gasteiger partial charge >= 0.3 is 0 Å². The van der Waals surface area contributed by atoms with Gasteiger partial charge < -0.3 is 19.7 Å². The summed E-state index contributed by atoms with van der Waals surface area (Å²) in [5.41, 5.74) is 3.87. The first-order valence-electron chi connectivity index (χ1n) is 12.0. The monoisotopic (exact) mass is 486 g/mol. The van der Waals surface area contributed by atoms with E-state index in [0.29, 0.717) is 47.3 Å². The number of benzene rings is 2. The molecule has 0 radical (unpaired) electrons. The summed E-state index contributed by atoms with van der Waals surface area (Å²) in [6.45, 7) is 9.37. The molecule has 9 nitrogen and oxygen atoms in total. The van der Waals surface area contributed by atoms with Crippen LogP contribution in [0.2, 0.25) is 0 Å². The predicted octanol–water partition coefficient (Wildman–Crippen LogP) is 4.64. The molecule has 0 aliphatic carbocycles. The van der Waals surface area contributed by atoms with Crippen LogP contribution in [0.1, 0.15) is 35.3 Å². The molecule has 1 N–H and O–H groups in total. The molecular weight excluding hydrogens is 456 g/mol. The Kier molecular flexibility index (Phi) is 6.32. The van der Waals surface area contributed by atoms with Crippen LogP contribution in [0, 0.1) is 13.8 Å². The van der Waals surface area contributed by atoms with E-state index in [4.69, 9.17) is 19.4 Å². The maximum absolute atomic E-state index is 13.0. The third-order valence-electron chi connectivity index (χ3n) is 6.18. The third kappa shape index (κ3) is 4.87. The summed E-state index contributed by atoms with van der Waals surface area (Å²) in [5.74, 6) is 1.30. The van der Waals surface area contributed by atoms with Crippen molar-refractivity contribution in [1.29, 1.82) is 0 Å². The lowest BCUT2D eigenvalue weighted by molar-refractivity contribution is -0.00573. The summed E-state index contributed by atoms with van der Waals surface area (Å²) in [4.78, 5) is 24.6. The highest BCUT2D eigenvalue weighted by Gasteiger charge is 2.26. The van der Waals surface area contributed by atoms with Crippen LogP contribution in [0.3, 0.4) is 0 Å². The summed E-state index contributed by atoms with van der Waals surface area (Å²) in [5, 5.41) is 8.01. The van der Waals surface area contributed by atoms with Crippen LogP contribution in [0.15, 0.2) is 48.7 Å². The first-order chi connectivity index (χ1) is 17.3. The van der Waals surface area contributed by atoms with Gasteiger partial charge in [-0.25, -0.2) is 0 Å². The second-order valence-electron chi connectivity index (χ2n) is 9.40. The Labute approximate surface area is 210 Å². The van der Waals surface area contributed by atoms with Crippen molar-refractivity contribution in [2.75, 3.05) is 23.3 Å². The maximum atomic E-state index is 13.0. The van der Waals surface area contributed by atoms with Gasteiger partial charge in [-0.1, -0.05) is 18.2 Å². The van der Waals surface area contributed by atoms with Gasteiger partial charge in [0.25, 0.3) is 5.91 Å². The van der Waals surface area contributed by atoms with Gasteiger partial charge in [-0.2, -0.15) is 15.1 Å². The number of rotatable bonds is 5. The molecule has 36 heavy (non-hydrogen) atoms. The highest BCUT2D eigenvalue weighted by Crippen LogP contribution is 2.32. The van der Waals surface area contributed by atoms with Crippen LogP contribution in [0.25, 0.3) is 11.0 Å². The van der Waals surface area contributed by atoms with Crippen LogP contribution >= 0.6 is 0 Å². The maximum Gasteiger partial charge on any atom is 0.255 e. The predicted molar refractivity (Wildman–Crippen MR) is 139 cm³/mol. The first-order valence-corrected chi connectivity index (χ1v) is 12.0. The minimum absolute atomic E-state index is 0.0646. The molecule has 1 amide bonds. The molecule has 2 aromatic heterocycles. The Morgan fingerprint density at radius 1 is 1.08 bits per heavy atom. The fourth-order valence-electron chi connectivity index (χ4n) is 4.43. The fraction of sp³-hybridized carbons (Fsp3) is 0.333. The average molecular weight is 487 g/mol. The molecule has 2 aromatic carbocycles. The smallest absolute Gasteiger partial charge is 0.255 e. The number of morpholine rings is 1. The molecule has 3 heterocycles. The van der Waals surface area contributed by atoms with Crippen molar-refractivity contribution in [3.63, 3.8) is 0 Å². The largest absolute Gasteiger partial charge is 0.438 e. The molecule has 1 aliphatic heterocycles. The Bertz CT molecular complexity index is 1420. The number of aryl methyl sites for hydroxylation is 3. The van der Waals surface area contributed by atoms with E-state index in [1.54, 1.807) is 23.0 Å². The molecule has 0 spiro atoms. The molecule has 0 bridgehead atoms. The number of anilines is 2. The number of carbonyl (C=O) groups is 1. The Morgan fingerprint density at radius 2 is 1.86 bits per heavy atom. The number of hydrogen-bond acceptors (Lipinski definition) is 7. The SMILES string of the molecule is Cc1cccc(NC(=O)c2ccc(C)c(Oc3nc(N4CC(C)OC(C)C4)nc4c3cnn4C)c2)c1. The molecule has 9 heteroatoms. The summed E-state index contributed by atoms with van der Waals surface area (Å²) in [7, 11) is 1.84. The molecule has 5 rings (SSSR count). The van der Waals surface area contributed by atoms with E-state index in [-0.39, 0.29) is 18.1 Å². The van der Waals surface area contributed by atoms with Gasteiger partial charge in [-0.3, -0.25) is 9.48 Å². The van der Waals surface area contributed by atoms with Gasteiger partial charge in [0.05, 0.1) is 18.4 Å². The Morgan fingerprint density at radius 3 is 2.61 bits per heavy atom. The zero-order valence-corrected chi connectivity index (χ0v) is 21.1. The zero-order valence-electron chi connectivity index (χ0n) is 21.1. The van der Waals surface area contributed by atoms with E-state index < -0.39 is 0 Å². The van der Waals surface area contributed by atoms with E-state index >= 15 is 0 Å². The molecule has 4 aromatic rings. The van der Waals surface area contributed by atoms with Crippen molar-refractivity contribution < 1.29 is 14.3 Å². The lowest BCUT2D eigenvalue weighted by Gasteiger charge is -2.35. The molecule has 0 saturated carbocycles. The van der Waals surface area contributed by atoms with Gasteiger partial charge in [0.15, 0.2) is 5.65 Å². The van der Waals surface area contributed by atoms with Gasteiger partial charge in [-0.05, 0) is 63.1 Å². The number of nitrogens with zero attached hydrogens (tertiary/aromatic N) is 5. The lowest BCUT2D eigenvalue weighted by atomic mass is 10.1. The van der Waals surface area contributed by atoms with Gasteiger partial charge in [0.1, 0.15) is 11.1 Å². The number of hydrogen-bond donors (Lipinski definition) is 1. The van der Waals surface area contributed by atoms with Gasteiger partial charge in [-0.15, -0.1) is 0 Å². The van der Waals surface area contributed by atoms with Gasteiger partial charge in [0, 0.05) is 31.4 Å². The van der Waals surface area contributed by atoms with Crippen LogP contribution in [0.5, 0.6) is 11.6 Å². The number of amides is 1. The Hall–Kier alpha value is -3.98. The minimum Gasteiger partial charge on any atom is -0.438 e. The van der Waals surface area contributed by atoms with Crippen LogP contribution in [-0.2, 0) is 11.8 Å². The minimum atomic E-state index is -0.211. The van der Waals surface area contributed by atoms with E-state index in [1.165, 1.54) is 0 Å².